The Kier molecular flexibility index (Phi) is 14.3. The minimum Gasteiger partial charge on any atom is -0.351 e. The van der Waals surface area contributed by atoms with E-state index < -0.39 is 32.6 Å². The van der Waals surface area contributed by atoms with Crippen LogP contribution in [0.5, 0.6) is 0 Å². The maximum atomic E-state index is 11.2. The fraction of sp³-hybridized carbons (Fsp3) is 0.818. The molecule has 0 saturated carbocycles. The van der Waals surface area contributed by atoms with Crippen molar-refractivity contribution in [2.75, 3.05) is 5.75 Å². The lowest BCUT2D eigenvalue weighted by molar-refractivity contribution is 0.253. The van der Waals surface area contributed by atoms with Gasteiger partial charge in [-0.15, -0.1) is 0 Å². The fourth-order valence-electron chi connectivity index (χ4n) is 1.53. The van der Waals surface area contributed by atoms with Gasteiger partial charge in [0.2, 0.25) is 10.0 Å². The average molecular weight is 372 g/mol. The summed E-state index contributed by atoms with van der Waals surface area (Å²) in [4.78, 5) is 19.8. The van der Waals surface area contributed by atoms with Crippen LogP contribution in [0, 0.1) is 0 Å². The minimum atomic E-state index is -3.50. The summed E-state index contributed by atoms with van der Waals surface area (Å²) in [6.45, 7) is 2.15. The largest absolute Gasteiger partial charge is 0.353 e. The van der Waals surface area contributed by atoms with Gasteiger partial charge in [0.1, 0.15) is 0 Å². The van der Waals surface area contributed by atoms with Gasteiger partial charge in [-0.1, -0.05) is 49.8 Å². The number of nitrogens with zero attached hydrogens (tertiary/aromatic N) is 1. The van der Waals surface area contributed by atoms with E-state index >= 15 is 0 Å². The Morgan fingerprint density at radius 2 is 1.48 bits per heavy atom. The minimum absolute atomic E-state index is 0.0241. The zero-order chi connectivity index (χ0) is 18.3. The van der Waals surface area contributed by atoms with Gasteiger partial charge in [0.05, 0.1) is 5.75 Å². The Balaban J connectivity index is 0. The van der Waals surface area contributed by atoms with Crippen LogP contribution in [-0.4, -0.2) is 34.7 Å². The smallest absolute Gasteiger partial charge is 0.351 e. The van der Waals surface area contributed by atoms with Crippen LogP contribution in [0.25, 0.3) is 0 Å². The molecule has 0 aromatic rings. The highest BCUT2D eigenvalue weighted by Gasteiger charge is 2.10. The summed E-state index contributed by atoms with van der Waals surface area (Å²) < 4.78 is 45.1. The van der Waals surface area contributed by atoms with E-state index in [4.69, 9.17) is 5.73 Å². The molecule has 12 heteroatoms. The molecule has 4 amide bonds. The zero-order valence-corrected chi connectivity index (χ0v) is 14.7. The molecule has 0 spiro atoms. The van der Waals surface area contributed by atoms with Crippen LogP contribution < -0.4 is 16.2 Å². The summed E-state index contributed by atoms with van der Waals surface area (Å²) in [6.07, 6.45) is 7.31. The number of hydrogen-bond donors (Lipinski definition) is 3. The molecule has 0 saturated heterocycles. The van der Waals surface area contributed by atoms with E-state index in [1.165, 1.54) is 19.3 Å². The van der Waals surface area contributed by atoms with Crippen LogP contribution in [0.4, 0.5) is 9.59 Å². The Morgan fingerprint density at radius 3 is 1.83 bits per heavy atom. The molecule has 0 rings (SSSR count). The van der Waals surface area contributed by atoms with Gasteiger partial charge in [0, 0.05) is 0 Å². The third-order valence-corrected chi connectivity index (χ3v) is 4.10. The first-order valence-corrected chi connectivity index (χ1v) is 9.69. The van der Waals surface area contributed by atoms with E-state index in [0.717, 1.165) is 19.3 Å². The predicted octanol–water partition coefficient (Wildman–Crippen LogP) is 0.863. The normalized spacial score (nSPS) is 10.1. The van der Waals surface area contributed by atoms with E-state index in [-0.39, 0.29) is 5.75 Å². The first-order valence-electron chi connectivity index (χ1n) is 7.01. The molecule has 10 nitrogen and oxygen atoms in total. The van der Waals surface area contributed by atoms with Gasteiger partial charge in [0.15, 0.2) is 0 Å². The highest BCUT2D eigenvalue weighted by molar-refractivity contribution is 7.90. The van der Waals surface area contributed by atoms with E-state index in [1.807, 2.05) is 0 Å². The van der Waals surface area contributed by atoms with Gasteiger partial charge in [-0.3, -0.25) is 0 Å². The van der Waals surface area contributed by atoms with Crippen LogP contribution in [0.1, 0.15) is 51.9 Å². The second-order valence-corrected chi connectivity index (χ2v) is 7.01. The molecule has 0 aliphatic rings. The average Bonchev–Trinajstić information content (AvgIpc) is 2.35. The summed E-state index contributed by atoms with van der Waals surface area (Å²) in [7, 11) is -6.20. The summed E-state index contributed by atoms with van der Waals surface area (Å²) in [5.74, 6) is -0.0241. The van der Waals surface area contributed by atoms with E-state index in [2.05, 4.69) is 17.0 Å². The SMILES string of the molecule is CCCCCCCCCS(=O)(=O)NC(N)=O.NC(=O)N=S(=O)=O. The highest BCUT2D eigenvalue weighted by Crippen LogP contribution is 2.07. The summed E-state index contributed by atoms with van der Waals surface area (Å²) >= 11 is 0. The first kappa shape index (κ1) is 23.6. The number of nitrogens with one attached hydrogen (secondary N) is 1. The van der Waals surface area contributed by atoms with Crippen molar-refractivity contribution in [2.24, 2.45) is 15.8 Å². The molecule has 0 heterocycles. The van der Waals surface area contributed by atoms with Crippen LogP contribution in [0.2, 0.25) is 0 Å². The van der Waals surface area contributed by atoms with Crippen molar-refractivity contribution in [2.45, 2.75) is 51.9 Å². The molecule has 0 aliphatic heterocycles. The number of hydrogen-bond acceptors (Lipinski definition) is 6. The van der Waals surface area contributed by atoms with Crippen molar-refractivity contribution >= 4 is 32.6 Å². The Morgan fingerprint density at radius 1 is 1.00 bits per heavy atom. The number of nitrogens with two attached hydrogens (primary N) is 2. The standard InChI is InChI=1S/C10H22N2O3S.CH2N2O3S/c1-2-3-4-5-6-7-8-9-16(14,15)12-10(11)13;2-1(4)3-7(5)6/h2-9H2,1H3,(H3,11,12,13);(H2,2,4). The number of sulfonamides is 1. The monoisotopic (exact) mass is 372 g/mol. The molecule has 0 aromatic heterocycles. The van der Waals surface area contributed by atoms with Crippen molar-refractivity contribution in [3.8, 4) is 0 Å². The molecule has 23 heavy (non-hydrogen) atoms. The van der Waals surface area contributed by atoms with E-state index in [0.29, 0.717) is 6.42 Å². The predicted molar refractivity (Wildman–Crippen MR) is 85.4 cm³/mol. The van der Waals surface area contributed by atoms with Gasteiger partial charge in [-0.05, 0) is 6.42 Å². The molecular weight excluding hydrogens is 348 g/mol. The molecule has 0 aliphatic carbocycles. The van der Waals surface area contributed by atoms with Gasteiger partial charge in [-0.2, -0.15) is 8.42 Å². The molecule has 0 fully saturated rings. The third-order valence-electron chi connectivity index (χ3n) is 2.44. The zero-order valence-electron chi connectivity index (χ0n) is 13.0. The summed E-state index contributed by atoms with van der Waals surface area (Å²) in [5, 5.41) is 0. The van der Waals surface area contributed by atoms with Gasteiger partial charge in [-0.25, -0.2) is 22.7 Å². The maximum absolute atomic E-state index is 11.2. The van der Waals surface area contributed by atoms with Crippen LogP contribution in [0.15, 0.2) is 4.36 Å². The number of rotatable bonds is 9. The molecule has 5 N–H and O–H groups in total. The van der Waals surface area contributed by atoms with Crippen molar-refractivity contribution in [1.82, 2.24) is 4.72 Å². The maximum Gasteiger partial charge on any atom is 0.353 e. The van der Waals surface area contributed by atoms with Gasteiger partial charge < -0.3 is 11.5 Å². The summed E-state index contributed by atoms with van der Waals surface area (Å²) in [6, 6.07) is -2.21. The van der Waals surface area contributed by atoms with Crippen molar-refractivity contribution in [3.63, 3.8) is 0 Å². The fourth-order valence-corrected chi connectivity index (χ4v) is 2.67. The molecular formula is C11H24N4O6S2. The van der Waals surface area contributed by atoms with E-state index in [1.54, 1.807) is 4.72 Å². The number of carbonyl (C=O) groups excluding carboxylic acids is 2. The highest BCUT2D eigenvalue weighted by atomic mass is 32.2. The molecule has 0 bridgehead atoms. The van der Waals surface area contributed by atoms with Crippen molar-refractivity contribution < 1.29 is 26.4 Å². The number of primary amides is 2. The van der Waals surface area contributed by atoms with E-state index in [9.17, 15) is 26.4 Å². The van der Waals surface area contributed by atoms with Crippen LogP contribution in [0.3, 0.4) is 0 Å². The number of carbonyl (C=O) groups is 2. The third kappa shape index (κ3) is 22.7. The first-order chi connectivity index (χ1) is 10.6. The van der Waals surface area contributed by atoms with Crippen molar-refractivity contribution in [3.05, 3.63) is 0 Å². The lowest BCUT2D eigenvalue weighted by Crippen LogP contribution is -2.36. The second-order valence-electron chi connectivity index (χ2n) is 4.55. The Bertz CT molecular complexity index is 578. The lowest BCUT2D eigenvalue weighted by Gasteiger charge is -2.04. The molecule has 0 radical (unpaired) electrons. The molecule has 0 aromatic carbocycles. The molecule has 0 atom stereocenters. The topological polar surface area (TPSA) is 179 Å². The van der Waals surface area contributed by atoms with Gasteiger partial charge in [0.25, 0.3) is 0 Å². The van der Waals surface area contributed by atoms with Crippen LogP contribution in [-0.2, 0) is 20.5 Å². The van der Waals surface area contributed by atoms with Crippen molar-refractivity contribution in [1.29, 1.82) is 0 Å². The molecule has 0 unspecified atom stereocenters. The quantitative estimate of drug-likeness (QED) is 0.505. The number of unbranched alkanes of at least 4 members (excludes halogenated alkanes) is 6. The number of urea groups is 2. The lowest BCUT2D eigenvalue weighted by atomic mass is 10.1. The van der Waals surface area contributed by atoms with Gasteiger partial charge >= 0.3 is 22.6 Å². The summed E-state index contributed by atoms with van der Waals surface area (Å²) in [5.41, 5.74) is 9.03. The Hall–Kier alpha value is -1.69. The Labute approximate surface area is 137 Å². The number of amides is 4. The van der Waals surface area contributed by atoms with Crippen LogP contribution >= 0.6 is 0 Å². The molecule has 136 valence electrons. The second kappa shape index (κ2) is 13.9.